The van der Waals surface area contributed by atoms with E-state index in [0.717, 1.165) is 11.1 Å². The highest BCUT2D eigenvalue weighted by Gasteiger charge is 2.13. The van der Waals surface area contributed by atoms with Gasteiger partial charge in [0, 0.05) is 23.3 Å². The van der Waals surface area contributed by atoms with E-state index in [2.05, 4.69) is 19.7 Å². The average Bonchev–Trinajstić information content (AvgIpc) is 2.73. The van der Waals surface area contributed by atoms with Gasteiger partial charge in [-0.25, -0.2) is 4.98 Å². The van der Waals surface area contributed by atoms with Crippen LogP contribution in [0.3, 0.4) is 0 Å². The molecule has 0 aliphatic heterocycles. The van der Waals surface area contributed by atoms with Crippen LogP contribution in [0.25, 0.3) is 16.9 Å². The molecule has 3 aromatic heterocycles. The Labute approximate surface area is 123 Å². The smallest absolute Gasteiger partial charge is 0.388 e. The standard InChI is InChI=1S/C13H9ClF2N4O/c1-7-5-8-6-17-12(14)19-11(8)20(7)9-3-2-4-10(18-9)21-13(15)16/h2-6,13H,1H3. The first-order valence-corrected chi connectivity index (χ1v) is 6.35. The first-order valence-electron chi connectivity index (χ1n) is 5.97. The number of aryl methyl sites for hydroxylation is 1. The molecule has 0 fully saturated rings. The number of halogens is 3. The third-order valence-electron chi connectivity index (χ3n) is 2.84. The van der Waals surface area contributed by atoms with E-state index in [4.69, 9.17) is 11.6 Å². The molecule has 0 aliphatic carbocycles. The number of pyridine rings is 1. The predicted molar refractivity (Wildman–Crippen MR) is 73.0 cm³/mol. The minimum atomic E-state index is -2.92. The number of fused-ring (bicyclic) bond motifs is 1. The van der Waals surface area contributed by atoms with Crippen LogP contribution < -0.4 is 4.74 Å². The Morgan fingerprint density at radius 2 is 2.10 bits per heavy atom. The van der Waals surface area contributed by atoms with Crippen molar-refractivity contribution in [2.45, 2.75) is 13.5 Å². The van der Waals surface area contributed by atoms with E-state index < -0.39 is 6.61 Å². The lowest BCUT2D eigenvalue weighted by Gasteiger charge is -2.09. The molecular weight excluding hydrogens is 302 g/mol. The lowest BCUT2D eigenvalue weighted by atomic mass is 10.4. The Morgan fingerprint density at radius 3 is 2.86 bits per heavy atom. The monoisotopic (exact) mass is 310 g/mol. The molecule has 0 amide bonds. The Bertz CT molecular complexity index is 806. The molecule has 0 saturated heterocycles. The van der Waals surface area contributed by atoms with Crippen LogP contribution in [-0.2, 0) is 0 Å². The fraction of sp³-hybridized carbons (Fsp3) is 0.154. The molecule has 0 N–H and O–H groups in total. The van der Waals surface area contributed by atoms with E-state index in [0.29, 0.717) is 11.5 Å². The molecule has 3 heterocycles. The third kappa shape index (κ3) is 2.64. The molecule has 0 bridgehead atoms. The van der Waals surface area contributed by atoms with Crippen molar-refractivity contribution in [1.82, 2.24) is 19.5 Å². The number of hydrogen-bond acceptors (Lipinski definition) is 4. The lowest BCUT2D eigenvalue weighted by Crippen LogP contribution is -2.06. The molecule has 3 rings (SSSR count). The van der Waals surface area contributed by atoms with E-state index in [1.807, 2.05) is 13.0 Å². The second-order valence-electron chi connectivity index (χ2n) is 4.25. The number of nitrogens with zero attached hydrogens (tertiary/aromatic N) is 4. The molecular formula is C13H9ClF2N4O. The van der Waals surface area contributed by atoms with Crippen molar-refractivity contribution in [3.05, 3.63) is 41.4 Å². The van der Waals surface area contributed by atoms with E-state index >= 15 is 0 Å². The molecule has 0 aliphatic rings. The Hall–Kier alpha value is -2.28. The SMILES string of the molecule is Cc1cc2cnc(Cl)nc2n1-c1cccc(OC(F)F)n1. The molecule has 0 radical (unpaired) electrons. The van der Waals surface area contributed by atoms with Crippen LogP contribution in [0.4, 0.5) is 8.78 Å². The zero-order valence-corrected chi connectivity index (χ0v) is 11.6. The van der Waals surface area contributed by atoms with Gasteiger partial charge in [0.05, 0.1) is 0 Å². The van der Waals surface area contributed by atoms with Crippen molar-refractivity contribution in [1.29, 1.82) is 0 Å². The summed E-state index contributed by atoms with van der Waals surface area (Å²) in [6.45, 7) is -1.08. The highest BCUT2D eigenvalue weighted by molar-refractivity contribution is 6.28. The molecule has 0 saturated carbocycles. The summed E-state index contributed by atoms with van der Waals surface area (Å²) in [5, 5.41) is 0.876. The zero-order chi connectivity index (χ0) is 15.0. The lowest BCUT2D eigenvalue weighted by molar-refractivity contribution is -0.0528. The fourth-order valence-electron chi connectivity index (χ4n) is 2.07. The quantitative estimate of drug-likeness (QED) is 0.696. The van der Waals surface area contributed by atoms with Crippen molar-refractivity contribution in [2.24, 2.45) is 0 Å². The summed E-state index contributed by atoms with van der Waals surface area (Å²) in [7, 11) is 0. The van der Waals surface area contributed by atoms with Gasteiger partial charge in [0.25, 0.3) is 0 Å². The summed E-state index contributed by atoms with van der Waals surface area (Å²) < 4.78 is 30.6. The average molecular weight is 311 g/mol. The third-order valence-corrected chi connectivity index (χ3v) is 3.03. The van der Waals surface area contributed by atoms with Gasteiger partial charge in [-0.15, -0.1) is 0 Å². The van der Waals surface area contributed by atoms with Gasteiger partial charge in [-0.3, -0.25) is 4.57 Å². The first-order chi connectivity index (χ1) is 10.0. The van der Waals surface area contributed by atoms with E-state index in [1.165, 1.54) is 6.07 Å². The number of ether oxygens (including phenoxy) is 1. The van der Waals surface area contributed by atoms with Gasteiger partial charge in [-0.1, -0.05) is 6.07 Å². The number of hydrogen-bond donors (Lipinski definition) is 0. The number of aromatic nitrogens is 4. The summed E-state index contributed by atoms with van der Waals surface area (Å²) >= 11 is 5.81. The van der Waals surface area contributed by atoms with Crippen LogP contribution in [0.1, 0.15) is 5.69 Å². The summed E-state index contributed by atoms with van der Waals surface area (Å²) in [6, 6.07) is 6.46. The summed E-state index contributed by atoms with van der Waals surface area (Å²) in [6.07, 6.45) is 1.59. The minimum absolute atomic E-state index is 0.0989. The Morgan fingerprint density at radius 1 is 1.29 bits per heavy atom. The molecule has 5 nitrogen and oxygen atoms in total. The van der Waals surface area contributed by atoms with Gasteiger partial charge in [-0.05, 0) is 30.7 Å². The van der Waals surface area contributed by atoms with E-state index in [1.54, 1.807) is 22.9 Å². The second kappa shape index (κ2) is 5.25. The van der Waals surface area contributed by atoms with Gasteiger partial charge in [0.15, 0.2) is 5.65 Å². The highest BCUT2D eigenvalue weighted by atomic mass is 35.5. The largest absolute Gasteiger partial charge is 0.417 e. The normalized spacial score (nSPS) is 11.3. The van der Waals surface area contributed by atoms with Crippen molar-refractivity contribution >= 4 is 22.6 Å². The van der Waals surface area contributed by atoms with Crippen molar-refractivity contribution in [3.63, 3.8) is 0 Å². The van der Waals surface area contributed by atoms with Gasteiger partial charge in [-0.2, -0.15) is 18.7 Å². The van der Waals surface area contributed by atoms with Crippen LogP contribution >= 0.6 is 11.6 Å². The summed E-state index contributed by atoms with van der Waals surface area (Å²) in [5.74, 6) is 0.249. The zero-order valence-electron chi connectivity index (χ0n) is 10.8. The topological polar surface area (TPSA) is 52.8 Å². The van der Waals surface area contributed by atoms with E-state index in [-0.39, 0.29) is 11.2 Å². The number of rotatable bonds is 3. The van der Waals surface area contributed by atoms with Gasteiger partial charge in [0.1, 0.15) is 5.82 Å². The van der Waals surface area contributed by atoms with E-state index in [9.17, 15) is 8.78 Å². The second-order valence-corrected chi connectivity index (χ2v) is 4.59. The molecule has 8 heteroatoms. The van der Waals surface area contributed by atoms with Gasteiger partial charge < -0.3 is 4.74 Å². The molecule has 0 atom stereocenters. The van der Waals surface area contributed by atoms with Crippen LogP contribution in [0.5, 0.6) is 5.88 Å². The predicted octanol–water partition coefficient (Wildman–Crippen LogP) is 3.38. The maximum absolute atomic E-state index is 12.3. The van der Waals surface area contributed by atoms with Crippen LogP contribution in [0, 0.1) is 6.92 Å². The van der Waals surface area contributed by atoms with Crippen molar-refractivity contribution in [3.8, 4) is 11.7 Å². The maximum atomic E-state index is 12.3. The van der Waals surface area contributed by atoms with Gasteiger partial charge >= 0.3 is 6.61 Å². The molecule has 0 unspecified atom stereocenters. The summed E-state index contributed by atoms with van der Waals surface area (Å²) in [5.41, 5.74) is 1.37. The van der Waals surface area contributed by atoms with Crippen LogP contribution in [0.2, 0.25) is 5.28 Å². The number of alkyl halides is 2. The van der Waals surface area contributed by atoms with Crippen LogP contribution in [0.15, 0.2) is 30.5 Å². The van der Waals surface area contributed by atoms with Crippen molar-refractivity contribution in [2.75, 3.05) is 0 Å². The highest BCUT2D eigenvalue weighted by Crippen LogP contribution is 2.23. The maximum Gasteiger partial charge on any atom is 0.388 e. The first kappa shape index (κ1) is 13.7. The Kier molecular flexibility index (Phi) is 3.42. The van der Waals surface area contributed by atoms with Crippen molar-refractivity contribution < 1.29 is 13.5 Å². The molecule has 0 aromatic carbocycles. The summed E-state index contributed by atoms with van der Waals surface area (Å²) in [4.78, 5) is 12.1. The Balaban J connectivity index is 2.16. The molecule has 0 spiro atoms. The molecule has 108 valence electrons. The molecule has 3 aromatic rings. The fourth-order valence-corrected chi connectivity index (χ4v) is 2.20. The van der Waals surface area contributed by atoms with Gasteiger partial charge in [0.2, 0.25) is 11.2 Å². The van der Waals surface area contributed by atoms with Crippen LogP contribution in [-0.4, -0.2) is 26.1 Å². The minimum Gasteiger partial charge on any atom is -0.417 e. The molecule has 21 heavy (non-hydrogen) atoms.